The summed E-state index contributed by atoms with van der Waals surface area (Å²) < 4.78 is 18.7. The SMILES string of the molecule is COP(=O)(O)N(C)C/C=C(\c1ccc(Br)cc1)c1cccnc1. The molecule has 7 heteroatoms. The Kier molecular flexibility index (Phi) is 6.27. The van der Waals surface area contributed by atoms with Crippen molar-refractivity contribution >= 4 is 29.2 Å². The van der Waals surface area contributed by atoms with Gasteiger partial charge < -0.3 is 9.42 Å². The van der Waals surface area contributed by atoms with Gasteiger partial charge in [-0.1, -0.05) is 40.2 Å². The highest BCUT2D eigenvalue weighted by atomic mass is 79.9. The number of hydrogen-bond acceptors (Lipinski definition) is 3. The molecule has 0 bridgehead atoms. The van der Waals surface area contributed by atoms with Crippen molar-refractivity contribution < 1.29 is 14.0 Å². The van der Waals surface area contributed by atoms with Crippen LogP contribution in [-0.2, 0) is 9.09 Å². The Morgan fingerprint density at radius 3 is 2.61 bits per heavy atom. The second-order valence-electron chi connectivity index (χ2n) is 4.88. The molecule has 2 rings (SSSR count). The fraction of sp³-hybridized carbons (Fsp3) is 0.188. The van der Waals surface area contributed by atoms with Crippen molar-refractivity contribution in [3.63, 3.8) is 0 Å². The standard InChI is InChI=1S/C16H18BrN2O3P/c1-19(23(20,21)22-2)11-9-16(14-4-3-10-18-12-14)13-5-7-15(17)8-6-13/h3-10,12H,11H2,1-2H3,(H,20,21)/b16-9+. The van der Waals surface area contributed by atoms with Gasteiger partial charge in [0.2, 0.25) is 0 Å². The second kappa shape index (κ2) is 7.99. The molecule has 1 atom stereocenters. The van der Waals surface area contributed by atoms with Crippen LogP contribution in [0.2, 0.25) is 0 Å². The highest BCUT2D eigenvalue weighted by Gasteiger charge is 2.23. The molecule has 0 fully saturated rings. The zero-order valence-electron chi connectivity index (χ0n) is 12.9. The summed E-state index contributed by atoms with van der Waals surface area (Å²) in [5.41, 5.74) is 2.88. The lowest BCUT2D eigenvalue weighted by Crippen LogP contribution is -2.16. The van der Waals surface area contributed by atoms with Crippen LogP contribution in [-0.4, -0.2) is 35.3 Å². The number of likely N-dealkylation sites (N-methyl/N-ethyl adjacent to an activating group) is 1. The Labute approximate surface area is 144 Å². The minimum atomic E-state index is -3.75. The molecular weight excluding hydrogens is 379 g/mol. The fourth-order valence-electron chi connectivity index (χ4n) is 2.02. The van der Waals surface area contributed by atoms with E-state index in [4.69, 9.17) is 0 Å². The van der Waals surface area contributed by atoms with Crippen LogP contribution in [0.25, 0.3) is 5.57 Å². The van der Waals surface area contributed by atoms with Crippen LogP contribution in [0.5, 0.6) is 0 Å². The molecule has 122 valence electrons. The van der Waals surface area contributed by atoms with Gasteiger partial charge in [-0.3, -0.25) is 4.98 Å². The molecule has 1 aromatic heterocycles. The average Bonchev–Trinajstić information content (AvgIpc) is 2.57. The number of rotatable bonds is 6. The summed E-state index contributed by atoms with van der Waals surface area (Å²) in [5.74, 6) is 0. The van der Waals surface area contributed by atoms with E-state index in [1.807, 2.05) is 42.5 Å². The molecule has 5 nitrogen and oxygen atoms in total. The lowest BCUT2D eigenvalue weighted by molar-refractivity contribution is 0.259. The van der Waals surface area contributed by atoms with E-state index < -0.39 is 7.75 Å². The molecule has 0 spiro atoms. The van der Waals surface area contributed by atoms with E-state index in [-0.39, 0.29) is 6.54 Å². The zero-order chi connectivity index (χ0) is 16.9. The maximum atomic E-state index is 11.8. The summed E-state index contributed by atoms with van der Waals surface area (Å²) in [5, 5.41) is 0. The first-order valence-corrected chi connectivity index (χ1v) is 9.23. The van der Waals surface area contributed by atoms with Crippen LogP contribution in [0.1, 0.15) is 11.1 Å². The van der Waals surface area contributed by atoms with Gasteiger partial charge in [0, 0.05) is 36.1 Å². The van der Waals surface area contributed by atoms with E-state index in [2.05, 4.69) is 25.4 Å². The summed E-state index contributed by atoms with van der Waals surface area (Å²) in [6.07, 6.45) is 5.37. The summed E-state index contributed by atoms with van der Waals surface area (Å²) in [4.78, 5) is 13.8. The predicted octanol–water partition coefficient (Wildman–Crippen LogP) is 3.95. The van der Waals surface area contributed by atoms with E-state index >= 15 is 0 Å². The van der Waals surface area contributed by atoms with Gasteiger partial charge in [0.15, 0.2) is 0 Å². The van der Waals surface area contributed by atoms with Crippen LogP contribution in [0.15, 0.2) is 59.3 Å². The van der Waals surface area contributed by atoms with Gasteiger partial charge in [0.05, 0.1) is 0 Å². The van der Waals surface area contributed by atoms with Gasteiger partial charge >= 0.3 is 7.75 Å². The quantitative estimate of drug-likeness (QED) is 0.748. The number of hydrogen-bond donors (Lipinski definition) is 1. The third-order valence-corrected chi connectivity index (χ3v) is 5.39. The van der Waals surface area contributed by atoms with E-state index in [0.717, 1.165) is 21.2 Å². The van der Waals surface area contributed by atoms with Crippen molar-refractivity contribution in [3.05, 3.63) is 70.5 Å². The Bertz CT molecular complexity index is 720. The minimum absolute atomic E-state index is 0.266. The largest absolute Gasteiger partial charge is 0.405 e. The third-order valence-electron chi connectivity index (χ3n) is 3.36. The summed E-state index contributed by atoms with van der Waals surface area (Å²) >= 11 is 3.42. The second-order valence-corrected chi connectivity index (χ2v) is 7.82. The molecule has 2 aromatic rings. The van der Waals surface area contributed by atoms with Crippen molar-refractivity contribution in [1.82, 2.24) is 9.65 Å². The molecule has 0 saturated carbocycles. The van der Waals surface area contributed by atoms with Crippen LogP contribution in [0.4, 0.5) is 0 Å². The lowest BCUT2D eigenvalue weighted by Gasteiger charge is -2.20. The number of aromatic nitrogens is 1. The Morgan fingerprint density at radius 1 is 1.35 bits per heavy atom. The molecule has 1 N–H and O–H groups in total. The third kappa shape index (κ3) is 4.83. The molecule has 0 saturated heterocycles. The van der Waals surface area contributed by atoms with Gasteiger partial charge in [0.1, 0.15) is 0 Å². The Hall–Kier alpha value is -1.30. The van der Waals surface area contributed by atoms with Crippen LogP contribution >= 0.6 is 23.7 Å². The smallest absolute Gasteiger partial charge is 0.312 e. The van der Waals surface area contributed by atoms with Gasteiger partial charge in [-0.2, -0.15) is 0 Å². The summed E-state index contributed by atoms with van der Waals surface area (Å²) in [6.45, 7) is 0.266. The molecule has 23 heavy (non-hydrogen) atoms. The van der Waals surface area contributed by atoms with Crippen molar-refractivity contribution in [2.75, 3.05) is 20.7 Å². The maximum Gasteiger partial charge on any atom is 0.405 e. The highest BCUT2D eigenvalue weighted by Crippen LogP contribution is 2.43. The monoisotopic (exact) mass is 396 g/mol. The number of nitrogens with zero attached hydrogens (tertiary/aromatic N) is 2. The Morgan fingerprint density at radius 2 is 2.04 bits per heavy atom. The van der Waals surface area contributed by atoms with Gasteiger partial charge in [-0.25, -0.2) is 9.24 Å². The van der Waals surface area contributed by atoms with Crippen molar-refractivity contribution in [3.8, 4) is 0 Å². The molecule has 0 radical (unpaired) electrons. The number of benzene rings is 1. The van der Waals surface area contributed by atoms with Crippen molar-refractivity contribution in [2.45, 2.75) is 0 Å². The van der Waals surface area contributed by atoms with Crippen LogP contribution in [0, 0.1) is 0 Å². The van der Waals surface area contributed by atoms with Crippen LogP contribution in [0.3, 0.4) is 0 Å². The van der Waals surface area contributed by atoms with E-state index in [1.54, 1.807) is 19.4 Å². The molecule has 0 aliphatic rings. The molecule has 1 aromatic carbocycles. The van der Waals surface area contributed by atoms with Gasteiger partial charge in [-0.15, -0.1) is 0 Å². The first-order valence-electron chi connectivity index (χ1n) is 6.90. The normalized spacial score (nSPS) is 14.7. The minimum Gasteiger partial charge on any atom is -0.312 e. The maximum absolute atomic E-state index is 11.8. The number of pyridine rings is 1. The Balaban J connectivity index is 2.36. The highest BCUT2D eigenvalue weighted by molar-refractivity contribution is 9.10. The molecule has 0 aliphatic heterocycles. The van der Waals surface area contributed by atoms with Crippen molar-refractivity contribution in [2.24, 2.45) is 0 Å². The predicted molar refractivity (Wildman–Crippen MR) is 94.9 cm³/mol. The lowest BCUT2D eigenvalue weighted by atomic mass is 9.99. The summed E-state index contributed by atoms with van der Waals surface area (Å²) in [7, 11) is -0.981. The van der Waals surface area contributed by atoms with Crippen LogP contribution < -0.4 is 0 Å². The number of halogens is 1. The van der Waals surface area contributed by atoms with Gasteiger partial charge in [0.25, 0.3) is 0 Å². The van der Waals surface area contributed by atoms with Crippen molar-refractivity contribution in [1.29, 1.82) is 0 Å². The topological polar surface area (TPSA) is 62.7 Å². The fourth-order valence-corrected chi connectivity index (χ4v) is 2.85. The zero-order valence-corrected chi connectivity index (χ0v) is 15.4. The molecule has 1 heterocycles. The molecule has 1 unspecified atom stereocenters. The first-order chi connectivity index (χ1) is 10.9. The average molecular weight is 397 g/mol. The van der Waals surface area contributed by atoms with E-state index in [0.29, 0.717) is 0 Å². The van der Waals surface area contributed by atoms with E-state index in [1.165, 1.54) is 11.8 Å². The molecular formula is C16H18BrN2O3P. The van der Waals surface area contributed by atoms with E-state index in [9.17, 15) is 9.46 Å². The molecule has 0 aliphatic carbocycles. The van der Waals surface area contributed by atoms with Gasteiger partial charge in [-0.05, 0) is 36.4 Å². The summed E-state index contributed by atoms with van der Waals surface area (Å²) in [6, 6.07) is 11.7. The molecule has 0 amide bonds. The first kappa shape index (κ1) is 18.0.